The highest BCUT2D eigenvalue weighted by Crippen LogP contribution is 2.37. The number of hydrogen-bond donors (Lipinski definition) is 1. The van der Waals surface area contributed by atoms with Gasteiger partial charge < -0.3 is 15.1 Å². The fourth-order valence-corrected chi connectivity index (χ4v) is 4.71. The van der Waals surface area contributed by atoms with Crippen LogP contribution >= 0.6 is 0 Å². The van der Waals surface area contributed by atoms with E-state index >= 15 is 4.39 Å². The van der Waals surface area contributed by atoms with Crippen LogP contribution in [0, 0.1) is 11.7 Å². The molecule has 2 aromatic rings. The van der Waals surface area contributed by atoms with Crippen molar-refractivity contribution in [1.29, 1.82) is 0 Å². The third-order valence-corrected chi connectivity index (χ3v) is 6.38. The predicted octanol–water partition coefficient (Wildman–Crippen LogP) is 1.34. The van der Waals surface area contributed by atoms with Gasteiger partial charge in [-0.25, -0.2) is 14.0 Å². The molecule has 8 nitrogen and oxygen atoms in total. The Labute approximate surface area is 178 Å². The number of aromatic nitrogens is 2. The quantitative estimate of drug-likeness (QED) is 0.702. The number of carbonyl (C=O) groups excluding carboxylic acids is 1. The first-order chi connectivity index (χ1) is 15.1. The number of alkyl halides is 3. The van der Waals surface area contributed by atoms with Crippen molar-refractivity contribution >= 4 is 22.6 Å². The van der Waals surface area contributed by atoms with Crippen molar-refractivity contribution in [2.45, 2.75) is 43.9 Å². The summed E-state index contributed by atoms with van der Waals surface area (Å²) in [6.07, 6.45) is -2.23. The second-order valence-electron chi connectivity index (χ2n) is 8.55. The molecule has 12 heteroatoms. The zero-order chi connectivity index (χ0) is 22.8. The Balaban J connectivity index is 1.63. The Morgan fingerprint density at radius 1 is 1.12 bits per heavy atom. The van der Waals surface area contributed by atoms with Crippen LogP contribution in [0.1, 0.15) is 31.7 Å². The van der Waals surface area contributed by atoms with E-state index in [1.165, 1.54) is 6.07 Å². The molecule has 2 aliphatic heterocycles. The highest BCUT2D eigenvalue weighted by atomic mass is 19.4. The lowest BCUT2D eigenvalue weighted by molar-refractivity contribution is -0.200. The van der Waals surface area contributed by atoms with Crippen molar-refractivity contribution in [3.05, 3.63) is 38.8 Å². The summed E-state index contributed by atoms with van der Waals surface area (Å²) < 4.78 is 53.8. The van der Waals surface area contributed by atoms with Gasteiger partial charge in [-0.2, -0.15) is 13.2 Å². The fourth-order valence-electron chi connectivity index (χ4n) is 4.71. The molecule has 3 heterocycles. The van der Waals surface area contributed by atoms with Crippen molar-refractivity contribution in [1.82, 2.24) is 14.6 Å². The first kappa shape index (κ1) is 21.0. The molecule has 1 saturated carbocycles. The van der Waals surface area contributed by atoms with Gasteiger partial charge in [0.05, 0.1) is 16.6 Å². The third kappa shape index (κ3) is 3.46. The van der Waals surface area contributed by atoms with E-state index in [4.69, 9.17) is 0 Å². The van der Waals surface area contributed by atoms with Crippen LogP contribution < -0.4 is 26.3 Å². The average Bonchev–Trinajstić information content (AvgIpc) is 3.47. The summed E-state index contributed by atoms with van der Waals surface area (Å²) in [6, 6.07) is 2.15. The van der Waals surface area contributed by atoms with E-state index < -0.39 is 29.2 Å². The van der Waals surface area contributed by atoms with Gasteiger partial charge in [0.1, 0.15) is 5.82 Å². The summed E-state index contributed by atoms with van der Waals surface area (Å²) in [4.78, 5) is 42.7. The van der Waals surface area contributed by atoms with Crippen LogP contribution in [-0.2, 0) is 4.79 Å². The van der Waals surface area contributed by atoms with Gasteiger partial charge in [0, 0.05) is 25.2 Å². The zero-order valence-electron chi connectivity index (χ0n) is 16.8. The van der Waals surface area contributed by atoms with Crippen LogP contribution in [0.15, 0.2) is 21.7 Å². The fraction of sp³-hybridized carbons (Fsp3) is 0.550. The maximum atomic E-state index is 15.1. The Bertz CT molecular complexity index is 1200. The van der Waals surface area contributed by atoms with Gasteiger partial charge in [-0.3, -0.25) is 9.36 Å². The van der Waals surface area contributed by atoms with E-state index in [0.29, 0.717) is 31.8 Å². The first-order valence-electron chi connectivity index (χ1n) is 10.4. The van der Waals surface area contributed by atoms with Gasteiger partial charge in [-0.1, -0.05) is 4.73 Å². The molecule has 1 aromatic heterocycles. The summed E-state index contributed by atoms with van der Waals surface area (Å²) in [6.45, 7) is 2.08. The molecular formula is C20H20F4N4O4. The lowest BCUT2D eigenvalue weighted by Gasteiger charge is -2.24. The lowest BCUT2D eigenvalue weighted by Crippen LogP contribution is -2.48. The molecule has 2 unspecified atom stereocenters. The minimum Gasteiger partial charge on any atom is -0.367 e. The largest absolute Gasteiger partial charge is 0.493 e. The van der Waals surface area contributed by atoms with Crippen LogP contribution in [-0.4, -0.2) is 47.1 Å². The summed E-state index contributed by atoms with van der Waals surface area (Å²) in [7, 11) is 0. The van der Waals surface area contributed by atoms with Gasteiger partial charge in [0.2, 0.25) is 0 Å². The van der Waals surface area contributed by atoms with Gasteiger partial charge in [-0.05, 0) is 50.3 Å². The molecule has 0 spiro atoms. The number of nitrogens with one attached hydrogen (secondary N) is 1. The van der Waals surface area contributed by atoms with E-state index in [0.717, 1.165) is 30.0 Å². The first-order valence-corrected chi connectivity index (χ1v) is 10.4. The molecule has 0 bridgehead atoms. The molecule has 1 aliphatic carbocycles. The zero-order valence-corrected chi connectivity index (χ0v) is 16.8. The van der Waals surface area contributed by atoms with Gasteiger partial charge in [0.15, 0.2) is 0 Å². The average molecular weight is 456 g/mol. The van der Waals surface area contributed by atoms with Crippen LogP contribution in [0.25, 0.3) is 10.9 Å². The SMILES string of the molecule is O=C(On1c(=O)c2cc(F)c(N3CC4CCCNC4C3)cc2n(C2CC2)c1=O)C(F)(F)F. The van der Waals surface area contributed by atoms with E-state index in [2.05, 4.69) is 10.2 Å². The minimum atomic E-state index is -5.40. The number of anilines is 1. The van der Waals surface area contributed by atoms with Crippen molar-refractivity contribution in [2.24, 2.45) is 5.92 Å². The highest BCUT2D eigenvalue weighted by Gasteiger charge is 2.43. The predicted molar refractivity (Wildman–Crippen MR) is 105 cm³/mol. The Hall–Kier alpha value is -2.89. The molecule has 3 fully saturated rings. The number of fused-ring (bicyclic) bond motifs is 2. The number of halogens is 4. The number of rotatable bonds is 3. The second kappa shape index (κ2) is 7.32. The molecule has 2 saturated heterocycles. The third-order valence-electron chi connectivity index (χ3n) is 6.38. The van der Waals surface area contributed by atoms with Crippen LogP contribution in [0.3, 0.4) is 0 Å². The van der Waals surface area contributed by atoms with Crippen molar-refractivity contribution in [3.8, 4) is 0 Å². The number of carbonyl (C=O) groups is 1. The van der Waals surface area contributed by atoms with Crippen molar-refractivity contribution < 1.29 is 27.2 Å². The maximum Gasteiger partial charge on any atom is 0.493 e. The molecule has 3 aliphatic rings. The second-order valence-corrected chi connectivity index (χ2v) is 8.55. The van der Waals surface area contributed by atoms with Gasteiger partial charge in [0.25, 0.3) is 5.56 Å². The normalized spacial score (nSPS) is 23.4. The van der Waals surface area contributed by atoms with Crippen LogP contribution in [0.4, 0.5) is 23.2 Å². The number of hydrogen-bond acceptors (Lipinski definition) is 6. The van der Waals surface area contributed by atoms with Gasteiger partial charge in [-0.15, -0.1) is 0 Å². The van der Waals surface area contributed by atoms with Crippen LogP contribution in [0.2, 0.25) is 0 Å². The topological polar surface area (TPSA) is 85.6 Å². The Kier molecular flexibility index (Phi) is 4.80. The molecule has 5 rings (SSSR count). The lowest BCUT2D eigenvalue weighted by atomic mass is 9.94. The maximum absolute atomic E-state index is 15.1. The van der Waals surface area contributed by atoms with E-state index in [1.54, 1.807) is 0 Å². The van der Waals surface area contributed by atoms with E-state index in [9.17, 15) is 27.6 Å². The molecule has 1 N–H and O–H groups in total. The molecule has 172 valence electrons. The van der Waals surface area contributed by atoms with Crippen molar-refractivity contribution in [3.63, 3.8) is 0 Å². The molecule has 2 atom stereocenters. The Morgan fingerprint density at radius 3 is 2.53 bits per heavy atom. The van der Waals surface area contributed by atoms with Crippen LogP contribution in [0.5, 0.6) is 0 Å². The number of piperidine rings is 1. The molecule has 1 aromatic carbocycles. The number of benzene rings is 1. The van der Waals surface area contributed by atoms with E-state index in [1.807, 2.05) is 4.90 Å². The number of nitrogens with zero attached hydrogens (tertiary/aromatic N) is 3. The smallest absolute Gasteiger partial charge is 0.367 e. The molecular weight excluding hydrogens is 436 g/mol. The Morgan fingerprint density at radius 2 is 1.88 bits per heavy atom. The molecule has 32 heavy (non-hydrogen) atoms. The molecule has 0 radical (unpaired) electrons. The van der Waals surface area contributed by atoms with Gasteiger partial charge >= 0.3 is 17.8 Å². The highest BCUT2D eigenvalue weighted by molar-refractivity contribution is 5.83. The summed E-state index contributed by atoms with van der Waals surface area (Å²) in [5.41, 5.74) is -2.17. The summed E-state index contributed by atoms with van der Waals surface area (Å²) in [5.74, 6) is -3.08. The van der Waals surface area contributed by atoms with E-state index in [-0.39, 0.29) is 33.4 Å². The van der Waals surface area contributed by atoms with Crippen molar-refractivity contribution in [2.75, 3.05) is 24.5 Å². The molecule has 0 amide bonds. The standard InChI is InChI=1S/C20H20F4N4O4/c21-13-6-12-15(7-16(13)26-8-10-2-1-5-25-14(10)9-26)27(11-3-4-11)19(31)28(17(12)29)32-18(30)20(22,23)24/h6-7,10-11,14,25H,1-5,8-9H2. The summed E-state index contributed by atoms with van der Waals surface area (Å²) >= 11 is 0. The minimum absolute atomic E-state index is 0.112. The monoisotopic (exact) mass is 456 g/mol. The summed E-state index contributed by atoms with van der Waals surface area (Å²) in [5, 5.41) is 3.09.